The van der Waals surface area contributed by atoms with Crippen LogP contribution in [0.15, 0.2) is 54.6 Å². The molecule has 4 heteroatoms. The molecule has 0 fully saturated rings. The van der Waals surface area contributed by atoms with Gasteiger partial charge in [-0.3, -0.25) is 4.79 Å². The highest BCUT2D eigenvalue weighted by molar-refractivity contribution is 6.18. The van der Waals surface area contributed by atoms with Crippen molar-refractivity contribution in [2.45, 2.75) is 12.5 Å². The summed E-state index contributed by atoms with van der Waals surface area (Å²) in [5.74, 6) is 0.883. The van der Waals surface area contributed by atoms with Crippen molar-refractivity contribution in [3.63, 3.8) is 0 Å². The van der Waals surface area contributed by atoms with E-state index in [1.54, 1.807) is 31.4 Å². The number of ether oxygens (including phenoxy) is 1. The Hall–Kier alpha value is -2.00. The van der Waals surface area contributed by atoms with Crippen molar-refractivity contribution < 1.29 is 9.53 Å². The molecule has 0 aromatic heterocycles. The van der Waals surface area contributed by atoms with Crippen LogP contribution >= 0.6 is 11.6 Å². The fourth-order valence-corrected chi connectivity index (χ4v) is 2.26. The summed E-state index contributed by atoms with van der Waals surface area (Å²) >= 11 is 5.97. The number of hydrogen-bond acceptors (Lipinski definition) is 2. The average molecular weight is 304 g/mol. The molecule has 1 amide bonds. The van der Waals surface area contributed by atoms with Gasteiger partial charge in [0.05, 0.1) is 7.11 Å². The number of amides is 1. The lowest BCUT2D eigenvalue weighted by Gasteiger charge is -2.16. The second-order valence-corrected chi connectivity index (χ2v) is 5.05. The van der Waals surface area contributed by atoms with E-state index < -0.39 is 0 Å². The van der Waals surface area contributed by atoms with Crippen LogP contribution in [0.4, 0.5) is 0 Å². The second kappa shape index (κ2) is 7.70. The van der Waals surface area contributed by atoms with Gasteiger partial charge in [-0.05, 0) is 30.2 Å². The van der Waals surface area contributed by atoms with Crippen molar-refractivity contribution in [3.05, 3.63) is 65.7 Å². The van der Waals surface area contributed by atoms with E-state index in [0.717, 1.165) is 5.56 Å². The van der Waals surface area contributed by atoms with Crippen LogP contribution in [0.3, 0.4) is 0 Å². The van der Waals surface area contributed by atoms with Gasteiger partial charge in [0.2, 0.25) is 0 Å². The summed E-state index contributed by atoms with van der Waals surface area (Å²) in [7, 11) is 1.58. The van der Waals surface area contributed by atoms with Crippen LogP contribution in [0.1, 0.15) is 15.9 Å². The van der Waals surface area contributed by atoms with Crippen LogP contribution in [0, 0.1) is 0 Å². The predicted octanol–water partition coefficient (Wildman–Crippen LogP) is 3.28. The summed E-state index contributed by atoms with van der Waals surface area (Å²) in [5, 5.41) is 2.96. The highest BCUT2D eigenvalue weighted by atomic mass is 35.5. The molecule has 1 N–H and O–H groups in total. The van der Waals surface area contributed by atoms with E-state index in [4.69, 9.17) is 16.3 Å². The first-order valence-electron chi connectivity index (χ1n) is 6.77. The van der Waals surface area contributed by atoms with Gasteiger partial charge in [0.25, 0.3) is 5.91 Å². The monoisotopic (exact) mass is 303 g/mol. The minimum absolute atomic E-state index is 0.104. The van der Waals surface area contributed by atoms with Crippen molar-refractivity contribution >= 4 is 17.5 Å². The fraction of sp³-hybridized carbons (Fsp3) is 0.235. The summed E-state index contributed by atoms with van der Waals surface area (Å²) in [4.78, 5) is 12.2. The van der Waals surface area contributed by atoms with Crippen molar-refractivity contribution in [3.8, 4) is 5.75 Å². The van der Waals surface area contributed by atoms with Gasteiger partial charge in [-0.15, -0.1) is 11.6 Å². The zero-order valence-corrected chi connectivity index (χ0v) is 12.6. The summed E-state index contributed by atoms with van der Waals surface area (Å²) in [5.41, 5.74) is 1.71. The van der Waals surface area contributed by atoms with E-state index in [2.05, 4.69) is 5.32 Å². The maximum atomic E-state index is 12.2. The van der Waals surface area contributed by atoms with Crippen LogP contribution in [0.5, 0.6) is 5.75 Å². The Morgan fingerprint density at radius 2 is 1.95 bits per heavy atom. The summed E-state index contributed by atoms with van der Waals surface area (Å²) in [6.07, 6.45) is 0.708. The smallest absolute Gasteiger partial charge is 0.251 e. The Morgan fingerprint density at radius 3 is 2.62 bits per heavy atom. The van der Waals surface area contributed by atoms with Gasteiger partial charge in [0.1, 0.15) is 5.75 Å². The SMILES string of the molecule is COc1cccc(C(=O)NC(CCl)Cc2ccccc2)c1. The maximum Gasteiger partial charge on any atom is 0.251 e. The number of hydrogen-bond donors (Lipinski definition) is 1. The molecule has 0 bridgehead atoms. The minimum atomic E-state index is -0.143. The molecule has 0 aliphatic heterocycles. The molecule has 2 aromatic carbocycles. The van der Waals surface area contributed by atoms with Gasteiger partial charge >= 0.3 is 0 Å². The van der Waals surface area contributed by atoms with E-state index >= 15 is 0 Å². The summed E-state index contributed by atoms with van der Waals surface area (Å²) in [6, 6.07) is 16.9. The molecule has 0 spiro atoms. The molecule has 21 heavy (non-hydrogen) atoms. The van der Waals surface area contributed by atoms with Gasteiger partial charge in [-0.2, -0.15) is 0 Å². The molecule has 110 valence electrons. The third-order valence-corrected chi connectivity index (χ3v) is 3.55. The quantitative estimate of drug-likeness (QED) is 0.832. The first-order chi connectivity index (χ1) is 10.2. The number of nitrogens with one attached hydrogen (secondary N) is 1. The highest BCUT2D eigenvalue weighted by Gasteiger charge is 2.14. The van der Waals surface area contributed by atoms with E-state index in [0.29, 0.717) is 23.6 Å². The number of alkyl halides is 1. The maximum absolute atomic E-state index is 12.2. The van der Waals surface area contributed by atoms with Crippen LogP contribution in [0.25, 0.3) is 0 Å². The number of carbonyl (C=O) groups is 1. The third kappa shape index (κ3) is 4.50. The fourth-order valence-electron chi connectivity index (χ4n) is 2.08. The van der Waals surface area contributed by atoms with E-state index in [9.17, 15) is 4.79 Å². The highest BCUT2D eigenvalue weighted by Crippen LogP contribution is 2.13. The van der Waals surface area contributed by atoms with Crippen LogP contribution < -0.4 is 10.1 Å². The van der Waals surface area contributed by atoms with E-state index in [1.807, 2.05) is 30.3 Å². The Labute approximate surface area is 129 Å². The topological polar surface area (TPSA) is 38.3 Å². The number of rotatable bonds is 6. The molecule has 1 atom stereocenters. The van der Waals surface area contributed by atoms with Gasteiger partial charge in [-0.25, -0.2) is 0 Å². The van der Waals surface area contributed by atoms with Crippen molar-refractivity contribution in [2.24, 2.45) is 0 Å². The number of carbonyl (C=O) groups excluding carboxylic acids is 1. The third-order valence-electron chi connectivity index (χ3n) is 3.18. The molecule has 1 unspecified atom stereocenters. The van der Waals surface area contributed by atoms with E-state index in [1.165, 1.54) is 0 Å². The Balaban J connectivity index is 2.02. The van der Waals surface area contributed by atoms with Crippen molar-refractivity contribution in [2.75, 3.05) is 13.0 Å². The summed E-state index contributed by atoms with van der Waals surface area (Å²) < 4.78 is 5.13. The van der Waals surface area contributed by atoms with Gasteiger partial charge in [0.15, 0.2) is 0 Å². The molecule has 3 nitrogen and oxygen atoms in total. The molecule has 2 rings (SSSR count). The first-order valence-corrected chi connectivity index (χ1v) is 7.31. The second-order valence-electron chi connectivity index (χ2n) is 4.75. The minimum Gasteiger partial charge on any atom is -0.497 e. The molecule has 0 aliphatic carbocycles. The Morgan fingerprint density at radius 1 is 1.19 bits per heavy atom. The molecule has 0 saturated heterocycles. The summed E-state index contributed by atoms with van der Waals surface area (Å²) in [6.45, 7) is 0. The standard InChI is InChI=1S/C17H18ClNO2/c1-21-16-9-5-8-14(11-16)17(20)19-15(12-18)10-13-6-3-2-4-7-13/h2-9,11,15H,10,12H2,1H3,(H,19,20). The largest absolute Gasteiger partial charge is 0.497 e. The zero-order chi connectivity index (χ0) is 15.1. The van der Waals surface area contributed by atoms with E-state index in [-0.39, 0.29) is 11.9 Å². The first kappa shape index (κ1) is 15.4. The van der Waals surface area contributed by atoms with Crippen molar-refractivity contribution in [1.82, 2.24) is 5.32 Å². The molecule has 2 aromatic rings. The lowest BCUT2D eigenvalue weighted by molar-refractivity contribution is 0.0940. The van der Waals surface area contributed by atoms with Gasteiger partial charge in [-0.1, -0.05) is 36.4 Å². The Kier molecular flexibility index (Phi) is 5.64. The lowest BCUT2D eigenvalue weighted by Crippen LogP contribution is -2.37. The Bertz CT molecular complexity index is 586. The molecular formula is C17H18ClNO2. The van der Waals surface area contributed by atoms with Gasteiger partial charge in [0, 0.05) is 17.5 Å². The molecular weight excluding hydrogens is 286 g/mol. The lowest BCUT2D eigenvalue weighted by atomic mass is 10.1. The molecule has 0 aliphatic rings. The number of methoxy groups -OCH3 is 1. The predicted molar refractivity (Wildman–Crippen MR) is 85.1 cm³/mol. The molecule has 0 saturated carbocycles. The number of halogens is 1. The zero-order valence-electron chi connectivity index (χ0n) is 11.9. The number of benzene rings is 2. The van der Waals surface area contributed by atoms with Crippen LogP contribution in [-0.2, 0) is 6.42 Å². The molecule has 0 radical (unpaired) electrons. The molecule has 0 heterocycles. The van der Waals surface area contributed by atoms with Gasteiger partial charge < -0.3 is 10.1 Å². The van der Waals surface area contributed by atoms with Crippen LogP contribution in [-0.4, -0.2) is 24.9 Å². The average Bonchev–Trinajstić information content (AvgIpc) is 2.55. The van der Waals surface area contributed by atoms with Crippen molar-refractivity contribution in [1.29, 1.82) is 0 Å². The van der Waals surface area contributed by atoms with Crippen LogP contribution in [0.2, 0.25) is 0 Å². The normalized spacial score (nSPS) is 11.7.